The fourth-order valence-corrected chi connectivity index (χ4v) is 2.56. The van der Waals surface area contributed by atoms with Crippen molar-refractivity contribution in [2.24, 2.45) is 0 Å². The number of halogens is 1. The maximum atomic E-state index is 12.8. The van der Waals surface area contributed by atoms with Crippen LogP contribution in [0.5, 0.6) is 5.75 Å². The van der Waals surface area contributed by atoms with E-state index in [1.165, 1.54) is 11.0 Å². The molecule has 4 heteroatoms. The van der Waals surface area contributed by atoms with E-state index in [-0.39, 0.29) is 11.7 Å². The molecule has 3 aromatic rings. The third-order valence-electron chi connectivity index (χ3n) is 3.60. The Balaban J connectivity index is 2.06. The second-order valence-corrected chi connectivity index (χ2v) is 5.49. The van der Waals surface area contributed by atoms with Crippen molar-refractivity contribution in [3.8, 4) is 5.75 Å². The normalized spacial score (nSPS) is 10.6. The van der Waals surface area contributed by atoms with Crippen molar-refractivity contribution < 1.29 is 9.90 Å². The molecule has 0 saturated heterocycles. The van der Waals surface area contributed by atoms with Gasteiger partial charge in [0, 0.05) is 17.8 Å². The number of phenolic OH excluding ortho intramolecular Hbond substituents is 1. The molecule has 0 atom stereocenters. The Morgan fingerprint density at radius 3 is 2.45 bits per heavy atom. The molecule has 0 bridgehead atoms. The molecular weight excluding hydrogens is 298 g/mol. The largest absolute Gasteiger partial charge is 0.508 e. The molecule has 1 N–H and O–H groups in total. The zero-order chi connectivity index (χ0) is 15.7. The number of anilines is 1. The highest BCUT2D eigenvalue weighted by atomic mass is 35.5. The molecule has 3 nitrogen and oxygen atoms in total. The van der Waals surface area contributed by atoms with Crippen LogP contribution in [0.4, 0.5) is 5.69 Å². The van der Waals surface area contributed by atoms with E-state index in [2.05, 4.69) is 0 Å². The van der Waals surface area contributed by atoms with Crippen LogP contribution in [0.15, 0.2) is 60.7 Å². The van der Waals surface area contributed by atoms with Gasteiger partial charge in [0.2, 0.25) is 0 Å². The van der Waals surface area contributed by atoms with E-state index in [0.29, 0.717) is 10.6 Å². The van der Waals surface area contributed by atoms with E-state index in [0.717, 1.165) is 16.5 Å². The van der Waals surface area contributed by atoms with Crippen LogP contribution in [-0.2, 0) is 0 Å². The SMILES string of the molecule is CN(C(=O)c1cc(O)cc2ccccc12)c1ccc(Cl)cc1. The number of hydrogen-bond acceptors (Lipinski definition) is 2. The van der Waals surface area contributed by atoms with E-state index in [1.54, 1.807) is 37.4 Å². The molecule has 1 amide bonds. The Bertz CT molecular complexity index is 843. The number of hydrogen-bond donors (Lipinski definition) is 1. The number of aromatic hydroxyl groups is 1. The molecule has 0 radical (unpaired) electrons. The van der Waals surface area contributed by atoms with Crippen molar-refractivity contribution >= 4 is 34.0 Å². The smallest absolute Gasteiger partial charge is 0.258 e. The zero-order valence-electron chi connectivity index (χ0n) is 12.0. The molecule has 0 aliphatic rings. The van der Waals surface area contributed by atoms with E-state index >= 15 is 0 Å². The highest BCUT2D eigenvalue weighted by Crippen LogP contribution is 2.27. The Morgan fingerprint density at radius 1 is 1.05 bits per heavy atom. The molecule has 3 rings (SSSR count). The molecule has 0 fully saturated rings. The first kappa shape index (κ1) is 14.4. The standard InChI is InChI=1S/C18H14ClNO2/c1-20(14-8-6-13(19)7-9-14)18(22)17-11-15(21)10-12-4-2-3-5-16(12)17/h2-11,21H,1H3. The molecule has 0 saturated carbocycles. The van der Waals surface area contributed by atoms with Gasteiger partial charge >= 0.3 is 0 Å². The fraction of sp³-hybridized carbons (Fsp3) is 0.0556. The minimum atomic E-state index is -0.186. The van der Waals surface area contributed by atoms with Crippen LogP contribution in [0.3, 0.4) is 0 Å². The molecule has 0 aliphatic heterocycles. The fourth-order valence-electron chi connectivity index (χ4n) is 2.43. The summed E-state index contributed by atoms with van der Waals surface area (Å²) in [5.74, 6) is -0.110. The number of rotatable bonds is 2. The number of carbonyl (C=O) groups excluding carboxylic acids is 1. The summed E-state index contributed by atoms with van der Waals surface area (Å²) in [7, 11) is 1.70. The number of carbonyl (C=O) groups is 1. The lowest BCUT2D eigenvalue weighted by Crippen LogP contribution is -2.26. The van der Waals surface area contributed by atoms with Crippen molar-refractivity contribution in [1.82, 2.24) is 0 Å². The van der Waals surface area contributed by atoms with E-state index in [1.807, 2.05) is 24.3 Å². The van der Waals surface area contributed by atoms with Crippen LogP contribution in [-0.4, -0.2) is 18.1 Å². The third-order valence-corrected chi connectivity index (χ3v) is 3.85. The van der Waals surface area contributed by atoms with Gasteiger partial charge in [-0.15, -0.1) is 0 Å². The minimum absolute atomic E-state index is 0.0755. The van der Waals surface area contributed by atoms with Gasteiger partial charge in [0.05, 0.1) is 5.56 Å². The van der Waals surface area contributed by atoms with Gasteiger partial charge < -0.3 is 10.0 Å². The second-order valence-electron chi connectivity index (χ2n) is 5.06. The second kappa shape index (κ2) is 5.70. The molecule has 0 unspecified atom stereocenters. The summed E-state index contributed by atoms with van der Waals surface area (Å²) in [5, 5.41) is 12.1. The summed E-state index contributed by atoms with van der Waals surface area (Å²) in [4.78, 5) is 14.3. The zero-order valence-corrected chi connectivity index (χ0v) is 12.7. The lowest BCUT2D eigenvalue weighted by atomic mass is 10.0. The number of fused-ring (bicyclic) bond motifs is 1. The Hall–Kier alpha value is -2.52. The van der Waals surface area contributed by atoms with Gasteiger partial charge in [-0.3, -0.25) is 4.79 Å². The summed E-state index contributed by atoms with van der Waals surface area (Å²) in [6.45, 7) is 0. The summed E-state index contributed by atoms with van der Waals surface area (Å²) in [6, 6.07) is 17.7. The average Bonchev–Trinajstić information content (AvgIpc) is 2.53. The summed E-state index contributed by atoms with van der Waals surface area (Å²) in [6.07, 6.45) is 0. The molecule has 0 aromatic heterocycles. The Labute approximate surface area is 133 Å². The third kappa shape index (κ3) is 2.63. The minimum Gasteiger partial charge on any atom is -0.508 e. The molecular formula is C18H14ClNO2. The topological polar surface area (TPSA) is 40.5 Å². The van der Waals surface area contributed by atoms with Crippen molar-refractivity contribution in [1.29, 1.82) is 0 Å². The molecule has 3 aromatic carbocycles. The van der Waals surface area contributed by atoms with Gasteiger partial charge in [0.15, 0.2) is 0 Å². The van der Waals surface area contributed by atoms with Gasteiger partial charge in [-0.2, -0.15) is 0 Å². The van der Waals surface area contributed by atoms with Crippen LogP contribution in [0.25, 0.3) is 10.8 Å². The molecule has 0 aliphatic carbocycles. The monoisotopic (exact) mass is 311 g/mol. The van der Waals surface area contributed by atoms with Crippen LogP contribution in [0, 0.1) is 0 Å². The van der Waals surface area contributed by atoms with Crippen LogP contribution in [0.2, 0.25) is 5.02 Å². The first-order valence-electron chi connectivity index (χ1n) is 6.81. The van der Waals surface area contributed by atoms with Gasteiger partial charge in [-0.05, 0) is 47.2 Å². The molecule has 22 heavy (non-hydrogen) atoms. The van der Waals surface area contributed by atoms with Crippen molar-refractivity contribution in [3.63, 3.8) is 0 Å². The number of amides is 1. The quantitative estimate of drug-likeness (QED) is 0.758. The lowest BCUT2D eigenvalue weighted by molar-refractivity contribution is 0.0994. The summed E-state index contributed by atoms with van der Waals surface area (Å²) >= 11 is 5.88. The Morgan fingerprint density at radius 2 is 1.73 bits per heavy atom. The van der Waals surface area contributed by atoms with E-state index in [9.17, 15) is 9.90 Å². The van der Waals surface area contributed by atoms with Crippen LogP contribution in [0.1, 0.15) is 10.4 Å². The maximum Gasteiger partial charge on any atom is 0.258 e. The van der Waals surface area contributed by atoms with Crippen molar-refractivity contribution in [3.05, 3.63) is 71.2 Å². The maximum absolute atomic E-state index is 12.8. The first-order chi connectivity index (χ1) is 10.6. The van der Waals surface area contributed by atoms with Crippen molar-refractivity contribution in [2.75, 3.05) is 11.9 Å². The number of benzene rings is 3. The van der Waals surface area contributed by atoms with E-state index in [4.69, 9.17) is 11.6 Å². The summed E-state index contributed by atoms with van der Waals surface area (Å²) in [5.41, 5.74) is 1.20. The molecule has 110 valence electrons. The predicted molar refractivity (Wildman–Crippen MR) is 89.8 cm³/mol. The van der Waals surface area contributed by atoms with Gasteiger partial charge in [-0.25, -0.2) is 0 Å². The van der Waals surface area contributed by atoms with Crippen LogP contribution < -0.4 is 4.90 Å². The molecule has 0 heterocycles. The van der Waals surface area contributed by atoms with Gasteiger partial charge in [0.25, 0.3) is 5.91 Å². The Kier molecular flexibility index (Phi) is 3.73. The van der Waals surface area contributed by atoms with E-state index < -0.39 is 0 Å². The average molecular weight is 312 g/mol. The highest BCUT2D eigenvalue weighted by Gasteiger charge is 2.17. The summed E-state index contributed by atoms with van der Waals surface area (Å²) < 4.78 is 0. The lowest BCUT2D eigenvalue weighted by Gasteiger charge is -2.18. The van der Waals surface area contributed by atoms with Gasteiger partial charge in [-0.1, -0.05) is 35.9 Å². The van der Waals surface area contributed by atoms with Crippen molar-refractivity contribution in [2.45, 2.75) is 0 Å². The number of nitrogens with zero attached hydrogens (tertiary/aromatic N) is 1. The van der Waals surface area contributed by atoms with Gasteiger partial charge in [0.1, 0.15) is 5.75 Å². The first-order valence-corrected chi connectivity index (χ1v) is 7.19. The van der Waals surface area contributed by atoms with Crippen LogP contribution >= 0.6 is 11.6 Å². The number of phenols is 1. The predicted octanol–water partition coefficient (Wildman–Crippen LogP) is 4.48. The molecule has 0 spiro atoms. The highest BCUT2D eigenvalue weighted by molar-refractivity contribution is 6.30.